The molecule has 0 amide bonds. The van der Waals surface area contributed by atoms with Crippen molar-refractivity contribution in [2.45, 2.75) is 52.4 Å². The Morgan fingerprint density at radius 2 is 1.59 bits per heavy atom. The SMILES string of the molecule is CCCCCc1ccc(OC(=O)c2ccc(OCCCC)c(C#N)c2)c(C#N)c1. The van der Waals surface area contributed by atoms with E-state index in [1.807, 2.05) is 6.07 Å². The van der Waals surface area contributed by atoms with Gasteiger partial charge in [-0.3, -0.25) is 0 Å². The quantitative estimate of drug-likeness (QED) is 0.301. The number of benzene rings is 2. The van der Waals surface area contributed by atoms with Crippen molar-refractivity contribution in [3.63, 3.8) is 0 Å². The maximum Gasteiger partial charge on any atom is 0.343 e. The number of hydrogen-bond acceptors (Lipinski definition) is 5. The number of nitriles is 2. The maximum atomic E-state index is 12.5. The van der Waals surface area contributed by atoms with Crippen LogP contribution in [0.2, 0.25) is 0 Å². The van der Waals surface area contributed by atoms with E-state index in [9.17, 15) is 15.3 Å². The van der Waals surface area contributed by atoms with Crippen LogP contribution >= 0.6 is 0 Å². The highest BCUT2D eigenvalue weighted by atomic mass is 16.5. The molecule has 0 aliphatic heterocycles. The van der Waals surface area contributed by atoms with Crippen molar-refractivity contribution in [1.29, 1.82) is 10.5 Å². The van der Waals surface area contributed by atoms with Gasteiger partial charge in [0.2, 0.25) is 0 Å². The molecule has 2 aromatic rings. The van der Waals surface area contributed by atoms with Gasteiger partial charge in [-0.1, -0.05) is 39.2 Å². The topological polar surface area (TPSA) is 83.1 Å². The Bertz CT molecular complexity index is 923. The molecule has 2 rings (SSSR count). The minimum atomic E-state index is -0.614. The molecule has 0 radical (unpaired) electrons. The second-order valence-corrected chi connectivity index (χ2v) is 6.81. The summed E-state index contributed by atoms with van der Waals surface area (Å²) in [6.45, 7) is 4.72. The Balaban J connectivity index is 2.13. The molecule has 0 aliphatic carbocycles. The molecule has 0 aromatic heterocycles. The van der Waals surface area contributed by atoms with Gasteiger partial charge >= 0.3 is 5.97 Å². The van der Waals surface area contributed by atoms with Crippen LogP contribution in [-0.4, -0.2) is 12.6 Å². The summed E-state index contributed by atoms with van der Waals surface area (Å²) in [5, 5.41) is 18.8. The van der Waals surface area contributed by atoms with E-state index in [4.69, 9.17) is 9.47 Å². The average Bonchev–Trinajstić information content (AvgIpc) is 2.75. The Hall–Kier alpha value is -3.31. The van der Waals surface area contributed by atoms with Crippen LogP contribution in [0.15, 0.2) is 36.4 Å². The van der Waals surface area contributed by atoms with Gasteiger partial charge in [-0.05, 0) is 55.2 Å². The smallest absolute Gasteiger partial charge is 0.343 e. The van der Waals surface area contributed by atoms with Gasteiger partial charge in [0.15, 0.2) is 0 Å². The monoisotopic (exact) mass is 390 g/mol. The normalized spacial score (nSPS) is 10.1. The van der Waals surface area contributed by atoms with Crippen molar-refractivity contribution in [3.05, 3.63) is 58.7 Å². The highest BCUT2D eigenvalue weighted by Gasteiger charge is 2.15. The standard InChI is InChI=1S/C24H26N2O3/c1-3-5-7-8-18-9-11-23(20(14-18)16-25)29-24(27)19-10-12-22(21(15-19)17-26)28-13-6-4-2/h9-12,14-15H,3-8,13H2,1-2H3. The summed E-state index contributed by atoms with van der Waals surface area (Å²) in [5.74, 6) is 0.0574. The van der Waals surface area contributed by atoms with Gasteiger partial charge in [-0.25, -0.2) is 4.79 Å². The number of ether oxygens (including phenoxy) is 2. The van der Waals surface area contributed by atoms with Crippen LogP contribution in [-0.2, 0) is 6.42 Å². The van der Waals surface area contributed by atoms with Crippen molar-refractivity contribution >= 4 is 5.97 Å². The summed E-state index contributed by atoms with van der Waals surface area (Å²) >= 11 is 0. The van der Waals surface area contributed by atoms with E-state index in [0.717, 1.165) is 44.1 Å². The maximum absolute atomic E-state index is 12.5. The summed E-state index contributed by atoms with van der Waals surface area (Å²) in [6, 6.07) is 14.1. The van der Waals surface area contributed by atoms with E-state index in [-0.39, 0.29) is 16.9 Å². The fraction of sp³-hybridized carbons (Fsp3) is 0.375. The number of rotatable bonds is 10. The Labute approximate surface area is 172 Å². The predicted octanol–water partition coefficient (Wildman–Crippen LogP) is 5.56. The van der Waals surface area contributed by atoms with Gasteiger partial charge in [-0.2, -0.15) is 10.5 Å². The zero-order valence-electron chi connectivity index (χ0n) is 17.0. The molecule has 5 nitrogen and oxygen atoms in total. The highest BCUT2D eigenvalue weighted by Crippen LogP contribution is 2.24. The fourth-order valence-corrected chi connectivity index (χ4v) is 2.84. The molecular formula is C24H26N2O3. The second-order valence-electron chi connectivity index (χ2n) is 6.81. The van der Waals surface area contributed by atoms with E-state index in [1.54, 1.807) is 24.3 Å². The molecule has 0 aliphatic rings. The number of carbonyl (C=O) groups excluding carboxylic acids is 1. The van der Waals surface area contributed by atoms with Crippen molar-refractivity contribution in [2.75, 3.05) is 6.61 Å². The largest absolute Gasteiger partial charge is 0.492 e. The molecule has 0 unspecified atom stereocenters. The Morgan fingerprint density at radius 3 is 2.28 bits per heavy atom. The van der Waals surface area contributed by atoms with Crippen LogP contribution in [0.5, 0.6) is 11.5 Å². The van der Waals surface area contributed by atoms with Gasteiger partial charge in [-0.15, -0.1) is 0 Å². The molecule has 0 heterocycles. The van der Waals surface area contributed by atoms with Crippen molar-refractivity contribution in [1.82, 2.24) is 0 Å². The lowest BCUT2D eigenvalue weighted by atomic mass is 10.0. The Kier molecular flexibility index (Phi) is 8.73. The molecule has 0 N–H and O–H groups in total. The average molecular weight is 390 g/mol. The van der Waals surface area contributed by atoms with Gasteiger partial charge in [0.25, 0.3) is 0 Å². The van der Waals surface area contributed by atoms with Crippen LogP contribution in [0.1, 0.15) is 73.0 Å². The van der Waals surface area contributed by atoms with Crippen LogP contribution in [0.3, 0.4) is 0 Å². The molecule has 0 atom stereocenters. The number of nitrogens with zero attached hydrogens (tertiary/aromatic N) is 2. The zero-order valence-corrected chi connectivity index (χ0v) is 17.0. The molecule has 0 saturated carbocycles. The summed E-state index contributed by atoms with van der Waals surface area (Å²) < 4.78 is 11.0. The minimum absolute atomic E-state index is 0.221. The van der Waals surface area contributed by atoms with Gasteiger partial charge < -0.3 is 9.47 Å². The second kappa shape index (κ2) is 11.5. The first-order valence-electron chi connectivity index (χ1n) is 10.0. The van der Waals surface area contributed by atoms with E-state index in [0.29, 0.717) is 17.9 Å². The molecular weight excluding hydrogens is 364 g/mol. The lowest BCUT2D eigenvalue weighted by Crippen LogP contribution is -2.10. The zero-order chi connectivity index (χ0) is 21.1. The number of aryl methyl sites for hydroxylation is 1. The summed E-state index contributed by atoms with van der Waals surface area (Å²) in [4.78, 5) is 12.5. The van der Waals surface area contributed by atoms with Crippen LogP contribution < -0.4 is 9.47 Å². The number of hydrogen-bond donors (Lipinski definition) is 0. The van der Waals surface area contributed by atoms with E-state index in [1.165, 1.54) is 6.07 Å². The first-order chi connectivity index (χ1) is 14.1. The number of carbonyl (C=O) groups is 1. The molecule has 150 valence electrons. The summed E-state index contributed by atoms with van der Waals surface area (Å²) in [5.41, 5.74) is 1.89. The van der Waals surface area contributed by atoms with E-state index >= 15 is 0 Å². The van der Waals surface area contributed by atoms with Crippen LogP contribution in [0.25, 0.3) is 0 Å². The number of esters is 1. The van der Waals surface area contributed by atoms with Crippen molar-refractivity contribution in [3.8, 4) is 23.6 Å². The third kappa shape index (κ3) is 6.36. The number of unbranched alkanes of at least 4 members (excludes halogenated alkanes) is 3. The van der Waals surface area contributed by atoms with Gasteiger partial charge in [0.05, 0.1) is 23.3 Å². The molecule has 0 spiro atoms. The minimum Gasteiger partial charge on any atom is -0.492 e. The van der Waals surface area contributed by atoms with Gasteiger partial charge in [0, 0.05) is 0 Å². The summed E-state index contributed by atoms with van der Waals surface area (Å²) in [6.07, 6.45) is 6.10. The van der Waals surface area contributed by atoms with Crippen LogP contribution in [0.4, 0.5) is 0 Å². The third-order valence-corrected chi connectivity index (χ3v) is 4.53. The van der Waals surface area contributed by atoms with Crippen molar-refractivity contribution < 1.29 is 14.3 Å². The third-order valence-electron chi connectivity index (χ3n) is 4.53. The first-order valence-corrected chi connectivity index (χ1v) is 10.0. The van der Waals surface area contributed by atoms with Crippen LogP contribution in [0, 0.1) is 22.7 Å². The fourth-order valence-electron chi connectivity index (χ4n) is 2.84. The molecule has 2 aromatic carbocycles. The molecule has 5 heteroatoms. The Morgan fingerprint density at radius 1 is 0.897 bits per heavy atom. The lowest BCUT2D eigenvalue weighted by Gasteiger charge is -2.10. The van der Waals surface area contributed by atoms with E-state index < -0.39 is 5.97 Å². The molecule has 0 saturated heterocycles. The van der Waals surface area contributed by atoms with Gasteiger partial charge in [0.1, 0.15) is 23.6 Å². The molecule has 0 bridgehead atoms. The predicted molar refractivity (Wildman–Crippen MR) is 111 cm³/mol. The molecule has 29 heavy (non-hydrogen) atoms. The first kappa shape index (κ1) is 22.0. The van der Waals surface area contributed by atoms with E-state index in [2.05, 4.69) is 26.0 Å². The molecule has 0 fully saturated rings. The summed E-state index contributed by atoms with van der Waals surface area (Å²) in [7, 11) is 0. The van der Waals surface area contributed by atoms with Crippen molar-refractivity contribution in [2.24, 2.45) is 0 Å². The highest BCUT2D eigenvalue weighted by molar-refractivity contribution is 5.92. The lowest BCUT2D eigenvalue weighted by molar-refractivity contribution is 0.0734.